The minimum atomic E-state index is 1.03. The number of hydrogen-bond donors (Lipinski definition) is 1. The topological polar surface area (TPSA) is 9.86 Å². The Bertz CT molecular complexity index is 1730. The molecule has 2 nitrogen and oxygen atoms in total. The van der Waals surface area contributed by atoms with Gasteiger partial charge in [-0.3, -0.25) is 0 Å². The molecule has 1 aliphatic carbocycles. The predicted octanol–water partition coefficient (Wildman–Crippen LogP) is 11.4. The van der Waals surface area contributed by atoms with Gasteiger partial charge < -0.3 is 9.13 Å². The van der Waals surface area contributed by atoms with E-state index in [4.69, 9.17) is 0 Å². The maximum absolute atomic E-state index is 3.65. The van der Waals surface area contributed by atoms with Crippen LogP contribution in [0.5, 0.6) is 0 Å². The third-order valence-electron chi connectivity index (χ3n) is 6.86. The van der Waals surface area contributed by atoms with Gasteiger partial charge in [0.2, 0.25) is 0 Å². The fourth-order valence-corrected chi connectivity index (χ4v) is 5.73. The zero-order valence-electron chi connectivity index (χ0n) is 23.4. The highest BCUT2D eigenvalue weighted by Crippen LogP contribution is 2.38. The minimum Gasteiger partial charge on any atom is -0.313 e. The average molecular weight is 598 g/mol. The summed E-state index contributed by atoms with van der Waals surface area (Å²) in [6.45, 7) is 8.00. The highest BCUT2D eigenvalue weighted by atomic mass is 79.9. The highest BCUT2D eigenvalue weighted by molar-refractivity contribution is 9.11. The SMILES string of the molecule is BrC1=CC=C(n2c3ccccc3c3cc(-n4c5ccccc5c5ccccc54)ccc32)CC1.CC.CC.CS. The quantitative estimate of drug-likeness (QED) is 0.190. The lowest BCUT2D eigenvalue weighted by Gasteiger charge is -2.15. The molecule has 0 aliphatic heterocycles. The average Bonchev–Trinajstić information content (AvgIpc) is 3.53. The molecule has 0 N–H and O–H groups in total. The van der Waals surface area contributed by atoms with Crippen molar-refractivity contribution >= 4 is 77.9 Å². The Hall–Kier alpha value is -3.21. The summed E-state index contributed by atoms with van der Waals surface area (Å²) in [5, 5.41) is 5.17. The molecule has 6 aromatic rings. The Kier molecular flexibility index (Phi) is 9.77. The van der Waals surface area contributed by atoms with E-state index in [0.717, 1.165) is 12.8 Å². The van der Waals surface area contributed by atoms with Crippen molar-refractivity contribution in [1.29, 1.82) is 0 Å². The van der Waals surface area contributed by atoms with Crippen LogP contribution in [-0.2, 0) is 0 Å². The molecule has 0 fully saturated rings. The van der Waals surface area contributed by atoms with Gasteiger partial charge >= 0.3 is 0 Å². The van der Waals surface area contributed by atoms with Crippen LogP contribution in [0.2, 0.25) is 0 Å². The molecule has 4 aromatic carbocycles. The molecule has 2 heterocycles. The fourth-order valence-electron chi connectivity index (χ4n) is 5.40. The van der Waals surface area contributed by atoms with Crippen LogP contribution >= 0.6 is 28.6 Å². The zero-order chi connectivity index (χ0) is 27.9. The smallest absolute Gasteiger partial charge is 0.0541 e. The highest BCUT2D eigenvalue weighted by Gasteiger charge is 2.17. The number of para-hydroxylation sites is 3. The van der Waals surface area contributed by atoms with Crippen molar-refractivity contribution in [3.05, 3.63) is 108 Å². The van der Waals surface area contributed by atoms with E-state index in [1.807, 2.05) is 27.7 Å². The third-order valence-corrected chi connectivity index (χ3v) is 7.52. The number of rotatable bonds is 2. The standard InChI is InChI=1S/C30H21BrN2.2C2H6.CH4S/c31-20-13-15-21(16-14-20)32-29-12-6-3-9-25(29)26-19-22(17-18-30(26)32)33-27-10-4-1-7-23(27)24-8-2-5-11-28(24)33;3*1-2/h1-13,15,17-19H,14,16H2;2*1-2H3;2H,1H3. The lowest BCUT2D eigenvalue weighted by molar-refractivity contribution is 0.971. The molecule has 2 aromatic heterocycles. The maximum atomic E-state index is 3.65. The Morgan fingerprint density at radius 2 is 1.00 bits per heavy atom. The first-order valence-electron chi connectivity index (χ1n) is 13.8. The predicted molar refractivity (Wildman–Crippen MR) is 182 cm³/mol. The van der Waals surface area contributed by atoms with E-state index in [-0.39, 0.29) is 0 Å². The number of hydrogen-bond acceptors (Lipinski definition) is 1. The number of nitrogens with zero attached hydrogens (tertiary/aromatic N) is 2. The third kappa shape index (κ3) is 5.20. The lowest BCUT2D eigenvalue weighted by Crippen LogP contribution is -2.00. The number of fused-ring (bicyclic) bond motifs is 6. The van der Waals surface area contributed by atoms with E-state index in [0.29, 0.717) is 0 Å². The summed E-state index contributed by atoms with van der Waals surface area (Å²) in [5.74, 6) is 0. The molecule has 0 saturated carbocycles. The van der Waals surface area contributed by atoms with Crippen LogP contribution < -0.4 is 0 Å². The molecular weight excluding hydrogens is 560 g/mol. The van der Waals surface area contributed by atoms with Gasteiger partial charge in [0, 0.05) is 32.9 Å². The molecule has 0 unspecified atom stereocenters. The molecule has 200 valence electrons. The normalized spacial score (nSPS) is 12.6. The first-order valence-corrected chi connectivity index (χ1v) is 15.5. The van der Waals surface area contributed by atoms with Gasteiger partial charge in [-0.05, 0) is 66.1 Å². The molecule has 0 bridgehead atoms. The molecule has 0 spiro atoms. The van der Waals surface area contributed by atoms with Gasteiger partial charge in [-0.25, -0.2) is 0 Å². The molecule has 0 saturated heterocycles. The Morgan fingerprint density at radius 1 is 0.538 bits per heavy atom. The lowest BCUT2D eigenvalue weighted by atomic mass is 10.1. The van der Waals surface area contributed by atoms with Gasteiger partial charge in [-0.2, -0.15) is 12.6 Å². The van der Waals surface area contributed by atoms with E-state index < -0.39 is 0 Å². The van der Waals surface area contributed by atoms with E-state index >= 15 is 0 Å². The van der Waals surface area contributed by atoms with Crippen LogP contribution in [0.25, 0.3) is 55.0 Å². The Morgan fingerprint density at radius 3 is 1.51 bits per heavy atom. The molecule has 7 rings (SSSR count). The second kappa shape index (κ2) is 13.2. The minimum absolute atomic E-state index is 1.03. The summed E-state index contributed by atoms with van der Waals surface area (Å²) in [4.78, 5) is 0. The summed E-state index contributed by atoms with van der Waals surface area (Å²) in [6, 6.07) is 33.1. The van der Waals surface area contributed by atoms with E-state index in [2.05, 4.69) is 141 Å². The molecule has 0 amide bonds. The first kappa shape index (κ1) is 28.8. The summed E-state index contributed by atoms with van der Waals surface area (Å²) in [5.41, 5.74) is 7.55. The molecule has 4 heteroatoms. The van der Waals surface area contributed by atoms with Gasteiger partial charge in [0.1, 0.15) is 0 Å². The van der Waals surface area contributed by atoms with Crippen molar-refractivity contribution < 1.29 is 0 Å². The van der Waals surface area contributed by atoms with Crippen molar-refractivity contribution in [1.82, 2.24) is 9.13 Å². The Labute approximate surface area is 246 Å². The van der Waals surface area contributed by atoms with E-state index in [9.17, 15) is 0 Å². The van der Waals surface area contributed by atoms with Gasteiger partial charge in [-0.1, -0.05) is 104 Å². The maximum Gasteiger partial charge on any atom is 0.0541 e. The number of allylic oxidation sites excluding steroid dienone is 4. The largest absolute Gasteiger partial charge is 0.313 e. The fraction of sp³-hybridized carbons (Fsp3) is 0.200. The summed E-state index contributed by atoms with van der Waals surface area (Å²) >= 11 is 7.18. The van der Waals surface area contributed by atoms with Gasteiger partial charge in [-0.15, -0.1) is 0 Å². The van der Waals surface area contributed by atoms with Crippen LogP contribution in [0.15, 0.2) is 108 Å². The molecule has 0 radical (unpaired) electrons. The van der Waals surface area contributed by atoms with Crippen LogP contribution in [-0.4, -0.2) is 15.4 Å². The van der Waals surface area contributed by atoms with Crippen molar-refractivity contribution in [2.75, 3.05) is 6.26 Å². The van der Waals surface area contributed by atoms with Crippen LogP contribution in [0.1, 0.15) is 40.5 Å². The van der Waals surface area contributed by atoms with Crippen LogP contribution in [0, 0.1) is 0 Å². The number of aromatic nitrogens is 2. The molecule has 1 aliphatic rings. The van der Waals surface area contributed by atoms with Gasteiger partial charge in [0.15, 0.2) is 0 Å². The second-order valence-electron chi connectivity index (χ2n) is 8.70. The Balaban J connectivity index is 0.000000553. The number of halogens is 1. The van der Waals surface area contributed by atoms with Crippen LogP contribution in [0.4, 0.5) is 0 Å². The second-order valence-corrected chi connectivity index (χ2v) is 9.71. The van der Waals surface area contributed by atoms with Gasteiger partial charge in [0.25, 0.3) is 0 Å². The summed E-state index contributed by atoms with van der Waals surface area (Å²) in [6.07, 6.45) is 8.20. The summed E-state index contributed by atoms with van der Waals surface area (Å²) < 4.78 is 6.10. The first-order chi connectivity index (χ1) is 19.3. The zero-order valence-corrected chi connectivity index (χ0v) is 25.9. The van der Waals surface area contributed by atoms with Crippen molar-refractivity contribution in [3.63, 3.8) is 0 Å². The number of thiol groups is 1. The molecular formula is C35H37BrN2S. The van der Waals surface area contributed by atoms with Gasteiger partial charge in [0.05, 0.1) is 22.1 Å². The van der Waals surface area contributed by atoms with Crippen molar-refractivity contribution in [3.8, 4) is 5.69 Å². The van der Waals surface area contributed by atoms with Crippen molar-refractivity contribution in [2.24, 2.45) is 0 Å². The monoisotopic (exact) mass is 596 g/mol. The van der Waals surface area contributed by atoms with Crippen molar-refractivity contribution in [2.45, 2.75) is 40.5 Å². The number of benzene rings is 4. The molecule has 0 atom stereocenters. The van der Waals surface area contributed by atoms with E-state index in [1.165, 1.54) is 59.5 Å². The van der Waals surface area contributed by atoms with Crippen LogP contribution in [0.3, 0.4) is 0 Å². The molecule has 39 heavy (non-hydrogen) atoms. The summed E-state index contributed by atoms with van der Waals surface area (Å²) in [7, 11) is 0. The van der Waals surface area contributed by atoms with E-state index in [1.54, 1.807) is 6.26 Å².